The van der Waals surface area contributed by atoms with Crippen molar-refractivity contribution in [2.75, 3.05) is 19.8 Å². The van der Waals surface area contributed by atoms with Crippen LogP contribution in [0.25, 0.3) is 0 Å². The number of aliphatic hydroxyl groups is 1. The summed E-state index contributed by atoms with van der Waals surface area (Å²) in [5, 5.41) is 9.51. The molecule has 0 saturated heterocycles. The normalized spacial score (nSPS) is 21.4. The fraction of sp³-hybridized carbons (Fsp3) is 0.611. The minimum atomic E-state index is -0.347. The third kappa shape index (κ3) is 5.02. The molecule has 122 valence electrons. The Morgan fingerprint density at radius 3 is 2.77 bits per heavy atom. The molecule has 1 aromatic carbocycles. The van der Waals surface area contributed by atoms with Gasteiger partial charge in [-0.3, -0.25) is 0 Å². The van der Waals surface area contributed by atoms with E-state index in [0.29, 0.717) is 24.2 Å². The molecule has 1 aliphatic rings. The minimum absolute atomic E-state index is 0.0556. The van der Waals surface area contributed by atoms with Crippen molar-refractivity contribution in [3.8, 4) is 5.75 Å². The summed E-state index contributed by atoms with van der Waals surface area (Å²) in [6.45, 7) is 2.37. The molecule has 1 N–H and O–H groups in total. The Morgan fingerprint density at radius 2 is 2.05 bits per heavy atom. The van der Waals surface area contributed by atoms with Crippen LogP contribution in [0.3, 0.4) is 0 Å². The van der Waals surface area contributed by atoms with Crippen LogP contribution in [0.5, 0.6) is 5.75 Å². The first kappa shape index (κ1) is 16.8. The molecule has 2 atom stereocenters. The van der Waals surface area contributed by atoms with Crippen LogP contribution in [-0.2, 0) is 16.0 Å². The molecular formula is C18H26O4. The largest absolute Gasteiger partial charge is 0.482 e. The van der Waals surface area contributed by atoms with Crippen LogP contribution in [0, 0.1) is 11.8 Å². The molecule has 22 heavy (non-hydrogen) atoms. The summed E-state index contributed by atoms with van der Waals surface area (Å²) >= 11 is 0. The van der Waals surface area contributed by atoms with Gasteiger partial charge < -0.3 is 14.6 Å². The van der Waals surface area contributed by atoms with Crippen molar-refractivity contribution < 1.29 is 19.4 Å². The smallest absolute Gasteiger partial charge is 0.344 e. The molecule has 2 rings (SSSR count). The third-order valence-corrected chi connectivity index (χ3v) is 4.36. The molecule has 2 unspecified atom stereocenters. The first-order chi connectivity index (χ1) is 10.7. The molecule has 0 spiro atoms. The van der Waals surface area contributed by atoms with Crippen LogP contribution < -0.4 is 4.74 Å². The van der Waals surface area contributed by atoms with Crippen molar-refractivity contribution in [1.29, 1.82) is 0 Å². The lowest BCUT2D eigenvalue weighted by Gasteiger charge is -2.30. The number of carbonyl (C=O) groups excluding carboxylic acids is 1. The van der Waals surface area contributed by atoms with Crippen LogP contribution in [0.15, 0.2) is 24.3 Å². The van der Waals surface area contributed by atoms with Gasteiger partial charge in [-0.25, -0.2) is 4.79 Å². The molecule has 1 aliphatic carbocycles. The fourth-order valence-corrected chi connectivity index (χ4v) is 3.20. The summed E-state index contributed by atoms with van der Waals surface area (Å²) < 4.78 is 10.3. The van der Waals surface area contributed by atoms with Gasteiger partial charge >= 0.3 is 5.97 Å². The van der Waals surface area contributed by atoms with E-state index in [1.54, 1.807) is 6.92 Å². The quantitative estimate of drug-likeness (QED) is 0.787. The van der Waals surface area contributed by atoms with Crippen LogP contribution >= 0.6 is 0 Å². The van der Waals surface area contributed by atoms with Crippen LogP contribution in [0.1, 0.15) is 38.2 Å². The van der Waals surface area contributed by atoms with Gasteiger partial charge in [-0.2, -0.15) is 0 Å². The van der Waals surface area contributed by atoms with Gasteiger partial charge in [0.25, 0.3) is 0 Å². The van der Waals surface area contributed by atoms with Gasteiger partial charge in [-0.1, -0.05) is 25.0 Å². The van der Waals surface area contributed by atoms with E-state index >= 15 is 0 Å². The van der Waals surface area contributed by atoms with Gasteiger partial charge in [0.1, 0.15) is 5.75 Å². The van der Waals surface area contributed by atoms with E-state index in [0.717, 1.165) is 12.8 Å². The van der Waals surface area contributed by atoms with Gasteiger partial charge in [-0.05, 0) is 55.7 Å². The Balaban J connectivity index is 1.91. The van der Waals surface area contributed by atoms with Gasteiger partial charge in [0.2, 0.25) is 0 Å². The molecule has 1 saturated carbocycles. The summed E-state index contributed by atoms with van der Waals surface area (Å²) in [4.78, 5) is 11.3. The maximum Gasteiger partial charge on any atom is 0.344 e. The number of carbonyl (C=O) groups is 1. The van der Waals surface area contributed by atoms with Gasteiger partial charge in [0.15, 0.2) is 6.61 Å². The van der Waals surface area contributed by atoms with E-state index in [-0.39, 0.29) is 19.2 Å². The first-order valence-electron chi connectivity index (χ1n) is 8.21. The van der Waals surface area contributed by atoms with Gasteiger partial charge in [0.05, 0.1) is 6.61 Å². The second-order valence-corrected chi connectivity index (χ2v) is 5.93. The number of hydrogen-bond donors (Lipinski definition) is 1. The number of benzene rings is 1. The highest BCUT2D eigenvalue weighted by molar-refractivity contribution is 5.71. The predicted molar refractivity (Wildman–Crippen MR) is 84.8 cm³/mol. The molecule has 0 heterocycles. The minimum Gasteiger partial charge on any atom is -0.482 e. The topological polar surface area (TPSA) is 55.8 Å². The Kier molecular flexibility index (Phi) is 6.72. The van der Waals surface area contributed by atoms with E-state index < -0.39 is 0 Å². The monoisotopic (exact) mass is 306 g/mol. The molecule has 4 heteroatoms. The Bertz CT molecular complexity index is 472. The van der Waals surface area contributed by atoms with Crippen molar-refractivity contribution in [2.45, 2.75) is 39.0 Å². The average molecular weight is 306 g/mol. The van der Waals surface area contributed by atoms with E-state index in [4.69, 9.17) is 9.47 Å². The number of esters is 1. The van der Waals surface area contributed by atoms with Crippen LogP contribution in [0.4, 0.5) is 0 Å². The molecule has 0 amide bonds. The van der Waals surface area contributed by atoms with Crippen molar-refractivity contribution in [3.63, 3.8) is 0 Å². The maximum absolute atomic E-state index is 11.3. The number of ether oxygens (including phenoxy) is 2. The fourth-order valence-electron chi connectivity index (χ4n) is 3.20. The number of hydrogen-bond acceptors (Lipinski definition) is 4. The highest BCUT2D eigenvalue weighted by Gasteiger charge is 2.24. The first-order valence-corrected chi connectivity index (χ1v) is 8.21. The summed E-state index contributed by atoms with van der Waals surface area (Å²) in [6.07, 6.45) is 5.74. The van der Waals surface area contributed by atoms with Gasteiger partial charge in [-0.15, -0.1) is 0 Å². The summed E-state index contributed by atoms with van der Waals surface area (Å²) in [5.74, 6) is 1.30. The summed E-state index contributed by atoms with van der Waals surface area (Å²) in [5.41, 5.74) is 1.20. The summed E-state index contributed by atoms with van der Waals surface area (Å²) in [6, 6.07) is 7.88. The lowest BCUT2D eigenvalue weighted by atomic mass is 9.76. The second-order valence-electron chi connectivity index (χ2n) is 5.93. The molecule has 0 bridgehead atoms. The lowest BCUT2D eigenvalue weighted by molar-refractivity contribution is -0.145. The second kappa shape index (κ2) is 8.79. The Hall–Kier alpha value is -1.55. The van der Waals surface area contributed by atoms with E-state index in [1.165, 1.54) is 24.8 Å². The molecular weight excluding hydrogens is 280 g/mol. The average Bonchev–Trinajstić information content (AvgIpc) is 2.54. The van der Waals surface area contributed by atoms with Crippen molar-refractivity contribution in [2.24, 2.45) is 11.8 Å². The van der Waals surface area contributed by atoms with Crippen LogP contribution in [0.2, 0.25) is 0 Å². The number of aliphatic hydroxyl groups excluding tert-OH is 1. The zero-order valence-corrected chi connectivity index (χ0v) is 13.3. The predicted octanol–water partition coefficient (Wildman–Crippen LogP) is 2.97. The summed E-state index contributed by atoms with van der Waals surface area (Å²) in [7, 11) is 0. The zero-order valence-electron chi connectivity index (χ0n) is 13.3. The molecule has 0 aromatic heterocycles. The van der Waals surface area contributed by atoms with Crippen molar-refractivity contribution in [1.82, 2.24) is 0 Å². The van der Waals surface area contributed by atoms with Gasteiger partial charge in [0, 0.05) is 6.61 Å². The van der Waals surface area contributed by atoms with E-state index in [1.807, 2.05) is 18.2 Å². The van der Waals surface area contributed by atoms with Crippen LogP contribution in [-0.4, -0.2) is 30.9 Å². The maximum atomic E-state index is 11.3. The third-order valence-electron chi connectivity index (χ3n) is 4.36. The molecule has 1 aromatic rings. The molecule has 1 fully saturated rings. The highest BCUT2D eigenvalue weighted by Crippen LogP contribution is 2.32. The van der Waals surface area contributed by atoms with Crippen molar-refractivity contribution in [3.05, 3.63) is 29.8 Å². The molecule has 0 radical (unpaired) electrons. The number of rotatable bonds is 7. The molecule has 0 aliphatic heterocycles. The molecule has 4 nitrogen and oxygen atoms in total. The Labute approximate surface area is 132 Å². The Morgan fingerprint density at radius 1 is 1.27 bits per heavy atom. The standard InChI is InChI=1S/C18H26O4/c1-2-21-18(20)13-22-17-9-5-6-14(11-17)10-15-7-3-4-8-16(15)12-19/h5-6,9,11,15-16,19H,2-4,7-8,10,12-13H2,1H3. The SMILES string of the molecule is CCOC(=O)COc1cccc(CC2CCCCC2CO)c1. The zero-order chi connectivity index (χ0) is 15.8. The van der Waals surface area contributed by atoms with Crippen molar-refractivity contribution >= 4 is 5.97 Å². The lowest BCUT2D eigenvalue weighted by Crippen LogP contribution is -2.24. The van der Waals surface area contributed by atoms with E-state index in [9.17, 15) is 9.90 Å². The highest BCUT2D eigenvalue weighted by atomic mass is 16.6. The van der Waals surface area contributed by atoms with E-state index in [2.05, 4.69) is 6.07 Å².